The van der Waals surface area contributed by atoms with Gasteiger partial charge in [0, 0.05) is 0 Å². The van der Waals surface area contributed by atoms with Crippen LogP contribution in [0.3, 0.4) is 0 Å². The fraction of sp³-hybridized carbons (Fsp3) is 0.250. The third kappa shape index (κ3) is 5.81. The number of H-pyrrole nitrogens is 1. The number of aryl methyl sites for hydroxylation is 1. The van der Waals surface area contributed by atoms with E-state index in [0.717, 1.165) is 23.5 Å². The number of aromatic nitrogens is 3. The molecule has 0 radical (unpaired) electrons. The molecule has 0 fully saturated rings. The van der Waals surface area contributed by atoms with Gasteiger partial charge in [0.1, 0.15) is 24.8 Å². The number of alkyl halides is 3. The summed E-state index contributed by atoms with van der Waals surface area (Å²) in [5.41, 5.74) is 1.37. The molecule has 0 saturated carbocycles. The Labute approximate surface area is 165 Å². The molecule has 152 valence electrons. The maximum Gasteiger partial charge on any atom is 0.416 e. The molecule has 0 unspecified atom stereocenters. The first-order valence-corrected chi connectivity index (χ1v) is 8.75. The highest BCUT2D eigenvalue weighted by atomic mass is 19.4. The molecule has 1 N–H and O–H groups in total. The van der Waals surface area contributed by atoms with Gasteiger partial charge >= 0.3 is 6.18 Å². The van der Waals surface area contributed by atoms with Crippen molar-refractivity contribution in [3.63, 3.8) is 0 Å². The lowest BCUT2D eigenvalue weighted by molar-refractivity contribution is -0.137. The average molecular weight is 404 g/mol. The molecule has 3 aromatic rings. The number of ether oxygens (including phenoxy) is 1. The SMILES string of the molecule is CC(=NOCc1ccc(C(F)(F)F)cc1)c1ccc(OCc2n[nH]c(C)n2)cc1. The molecular formula is C20H19F3N4O2. The Morgan fingerprint density at radius 1 is 1.03 bits per heavy atom. The van der Waals surface area contributed by atoms with E-state index in [1.807, 2.05) is 19.1 Å². The van der Waals surface area contributed by atoms with E-state index in [4.69, 9.17) is 9.57 Å². The standard InChI is InChI=1S/C20H19F3N4O2/c1-13(27-29-11-15-3-7-17(8-4-15)20(21,22)23)16-5-9-18(10-6-16)28-12-19-24-14(2)25-26-19/h3-10H,11-12H2,1-2H3,(H,24,25,26). The van der Waals surface area contributed by atoms with E-state index in [9.17, 15) is 13.2 Å². The third-order valence-corrected chi connectivity index (χ3v) is 4.00. The first-order valence-electron chi connectivity index (χ1n) is 8.75. The topological polar surface area (TPSA) is 72.4 Å². The first kappa shape index (κ1) is 20.4. The molecule has 3 rings (SSSR count). The first-order chi connectivity index (χ1) is 13.8. The van der Waals surface area contributed by atoms with Crippen molar-refractivity contribution < 1.29 is 22.7 Å². The zero-order chi connectivity index (χ0) is 20.9. The van der Waals surface area contributed by atoms with Gasteiger partial charge in [-0.3, -0.25) is 5.10 Å². The molecule has 0 spiro atoms. The van der Waals surface area contributed by atoms with Crippen molar-refractivity contribution >= 4 is 5.71 Å². The zero-order valence-corrected chi connectivity index (χ0v) is 15.8. The Balaban J connectivity index is 1.51. The van der Waals surface area contributed by atoms with Crippen LogP contribution in [0, 0.1) is 6.92 Å². The molecule has 1 aromatic heterocycles. The molecule has 0 aliphatic heterocycles. The van der Waals surface area contributed by atoms with Crippen LogP contribution in [0.5, 0.6) is 5.75 Å². The summed E-state index contributed by atoms with van der Waals surface area (Å²) in [6, 6.07) is 12.0. The predicted octanol–water partition coefficient (Wildman–Crippen LogP) is 4.65. The molecule has 0 atom stereocenters. The van der Waals surface area contributed by atoms with Gasteiger partial charge < -0.3 is 9.57 Å². The van der Waals surface area contributed by atoms with Gasteiger partial charge in [0.25, 0.3) is 0 Å². The fourth-order valence-electron chi connectivity index (χ4n) is 2.44. The Kier molecular flexibility index (Phi) is 6.16. The number of oxime groups is 1. The molecule has 6 nitrogen and oxygen atoms in total. The summed E-state index contributed by atoms with van der Waals surface area (Å²) >= 11 is 0. The van der Waals surface area contributed by atoms with Crippen LogP contribution >= 0.6 is 0 Å². The van der Waals surface area contributed by atoms with E-state index in [-0.39, 0.29) is 13.2 Å². The second-order valence-corrected chi connectivity index (χ2v) is 6.29. The van der Waals surface area contributed by atoms with E-state index in [0.29, 0.717) is 22.8 Å². The van der Waals surface area contributed by atoms with E-state index in [2.05, 4.69) is 20.3 Å². The van der Waals surface area contributed by atoms with Crippen LogP contribution in [0.2, 0.25) is 0 Å². The van der Waals surface area contributed by atoms with Crippen LogP contribution in [0.15, 0.2) is 53.7 Å². The number of benzene rings is 2. The molecule has 0 bridgehead atoms. The number of nitrogens with one attached hydrogen (secondary N) is 1. The summed E-state index contributed by atoms with van der Waals surface area (Å²) < 4.78 is 43.3. The van der Waals surface area contributed by atoms with E-state index < -0.39 is 11.7 Å². The minimum Gasteiger partial charge on any atom is -0.486 e. The van der Waals surface area contributed by atoms with Crippen LogP contribution in [0.1, 0.15) is 35.3 Å². The number of hydrogen-bond donors (Lipinski definition) is 1. The molecule has 29 heavy (non-hydrogen) atoms. The van der Waals surface area contributed by atoms with Crippen LogP contribution in [0.25, 0.3) is 0 Å². The van der Waals surface area contributed by atoms with E-state index in [1.165, 1.54) is 12.1 Å². The van der Waals surface area contributed by atoms with Crippen molar-refractivity contribution in [2.24, 2.45) is 5.16 Å². The van der Waals surface area contributed by atoms with Crippen molar-refractivity contribution in [3.05, 3.63) is 76.9 Å². The summed E-state index contributed by atoms with van der Waals surface area (Å²) in [5, 5.41) is 10.8. The Morgan fingerprint density at radius 3 is 2.31 bits per heavy atom. The van der Waals surface area contributed by atoms with Gasteiger partial charge in [0.05, 0.1) is 11.3 Å². The Bertz CT molecular complexity index is 965. The van der Waals surface area contributed by atoms with Crippen molar-refractivity contribution in [3.8, 4) is 5.75 Å². The lowest BCUT2D eigenvalue weighted by Gasteiger charge is -2.08. The maximum atomic E-state index is 12.6. The van der Waals surface area contributed by atoms with Crippen molar-refractivity contribution in [2.45, 2.75) is 33.2 Å². The van der Waals surface area contributed by atoms with Crippen LogP contribution in [-0.2, 0) is 24.2 Å². The Hall–Kier alpha value is -3.36. The highest BCUT2D eigenvalue weighted by molar-refractivity contribution is 5.98. The minimum atomic E-state index is -4.35. The molecule has 2 aromatic carbocycles. The number of rotatable bonds is 7. The highest BCUT2D eigenvalue weighted by Crippen LogP contribution is 2.29. The number of hydrogen-bond acceptors (Lipinski definition) is 5. The van der Waals surface area contributed by atoms with Gasteiger partial charge in [0.15, 0.2) is 5.82 Å². The molecule has 0 aliphatic carbocycles. The van der Waals surface area contributed by atoms with Crippen LogP contribution in [-0.4, -0.2) is 20.9 Å². The van der Waals surface area contributed by atoms with Crippen molar-refractivity contribution in [1.29, 1.82) is 0 Å². The summed E-state index contributed by atoms with van der Waals surface area (Å²) in [6.07, 6.45) is -4.35. The molecule has 0 aliphatic rings. The smallest absolute Gasteiger partial charge is 0.416 e. The second-order valence-electron chi connectivity index (χ2n) is 6.29. The van der Waals surface area contributed by atoms with Crippen molar-refractivity contribution in [2.75, 3.05) is 0 Å². The van der Waals surface area contributed by atoms with E-state index >= 15 is 0 Å². The lowest BCUT2D eigenvalue weighted by Crippen LogP contribution is -2.04. The molecule has 9 heteroatoms. The van der Waals surface area contributed by atoms with Crippen LogP contribution in [0.4, 0.5) is 13.2 Å². The van der Waals surface area contributed by atoms with Gasteiger partial charge in [-0.05, 0) is 61.4 Å². The summed E-state index contributed by atoms with van der Waals surface area (Å²) in [6.45, 7) is 3.92. The fourth-order valence-corrected chi connectivity index (χ4v) is 2.44. The van der Waals surface area contributed by atoms with Gasteiger partial charge in [-0.15, -0.1) is 0 Å². The van der Waals surface area contributed by atoms with Gasteiger partial charge in [-0.2, -0.15) is 18.3 Å². The zero-order valence-electron chi connectivity index (χ0n) is 15.8. The largest absolute Gasteiger partial charge is 0.486 e. The molecule has 0 amide bonds. The number of nitrogens with zero attached hydrogens (tertiary/aromatic N) is 3. The minimum absolute atomic E-state index is 0.0761. The van der Waals surface area contributed by atoms with Crippen molar-refractivity contribution in [1.82, 2.24) is 15.2 Å². The van der Waals surface area contributed by atoms with Crippen LogP contribution < -0.4 is 4.74 Å². The third-order valence-electron chi connectivity index (χ3n) is 4.00. The molecular weight excluding hydrogens is 385 g/mol. The lowest BCUT2D eigenvalue weighted by atomic mass is 10.1. The molecule has 1 heterocycles. The van der Waals surface area contributed by atoms with E-state index in [1.54, 1.807) is 19.1 Å². The summed E-state index contributed by atoms with van der Waals surface area (Å²) in [4.78, 5) is 9.42. The quantitative estimate of drug-likeness (QED) is 0.460. The predicted molar refractivity (Wildman–Crippen MR) is 100 cm³/mol. The van der Waals surface area contributed by atoms with Gasteiger partial charge in [-0.1, -0.05) is 17.3 Å². The summed E-state index contributed by atoms with van der Waals surface area (Å²) in [5.74, 6) is 1.96. The normalized spacial score (nSPS) is 12.1. The highest BCUT2D eigenvalue weighted by Gasteiger charge is 2.29. The summed E-state index contributed by atoms with van der Waals surface area (Å²) in [7, 11) is 0. The molecule has 0 saturated heterocycles. The second kappa shape index (κ2) is 8.76. The number of halogens is 3. The Morgan fingerprint density at radius 2 is 1.72 bits per heavy atom. The average Bonchev–Trinajstić information content (AvgIpc) is 3.11. The number of aromatic amines is 1. The maximum absolute atomic E-state index is 12.6. The monoisotopic (exact) mass is 404 g/mol. The van der Waals surface area contributed by atoms with Gasteiger partial charge in [-0.25, -0.2) is 4.98 Å². The van der Waals surface area contributed by atoms with Gasteiger partial charge in [0.2, 0.25) is 0 Å².